The normalized spacial score (nSPS) is 11.1. The van der Waals surface area contributed by atoms with Gasteiger partial charge in [-0.15, -0.1) is 13.2 Å². The summed E-state index contributed by atoms with van der Waals surface area (Å²) in [7, 11) is 0. The third kappa shape index (κ3) is 2.96. The van der Waals surface area contributed by atoms with Crippen molar-refractivity contribution in [1.29, 1.82) is 0 Å². The zero-order chi connectivity index (χ0) is 14.1. The summed E-state index contributed by atoms with van der Waals surface area (Å²) in [5.74, 6) is -4.52. The van der Waals surface area contributed by atoms with E-state index in [2.05, 4.69) is 4.74 Å². The zero-order valence-electron chi connectivity index (χ0n) is 8.15. The number of rotatable bonds is 3. The number of hydrogen-bond donors (Lipinski definition) is 2. The van der Waals surface area contributed by atoms with E-state index < -0.39 is 39.9 Å². The van der Waals surface area contributed by atoms with Crippen molar-refractivity contribution in [3.05, 3.63) is 32.1 Å². The van der Waals surface area contributed by atoms with Gasteiger partial charge in [0.25, 0.3) is 0 Å². The molecule has 0 amide bonds. The second-order valence-electron chi connectivity index (χ2n) is 2.84. The summed E-state index contributed by atoms with van der Waals surface area (Å²) in [6.45, 7) is 0. The van der Waals surface area contributed by atoms with E-state index in [4.69, 9.17) is 5.11 Å². The van der Waals surface area contributed by atoms with Gasteiger partial charge < -0.3 is 20.0 Å². The molecule has 0 saturated heterocycles. The minimum absolute atomic E-state index is 0.132. The number of halogens is 3. The molecule has 0 saturated carbocycles. The van der Waals surface area contributed by atoms with Crippen LogP contribution in [0, 0.1) is 10.1 Å². The highest BCUT2D eigenvalue weighted by molar-refractivity contribution is 5.91. The molecular weight excluding hydrogens is 265 g/mol. The van der Waals surface area contributed by atoms with Crippen LogP contribution in [0.4, 0.5) is 19.0 Å². The monoisotopic (exact) mass is 268 g/mol. The molecule has 0 radical (unpaired) electrons. The molecule has 2 N–H and O–H groups in total. The zero-order valence-corrected chi connectivity index (χ0v) is 8.15. The molecule has 1 rings (SSSR count). The Morgan fingerprint density at radius 1 is 1.50 bits per heavy atom. The second kappa shape index (κ2) is 4.35. The molecule has 0 aliphatic heterocycles. The molecule has 18 heavy (non-hydrogen) atoms. The van der Waals surface area contributed by atoms with Crippen LogP contribution in [0.5, 0.6) is 5.75 Å². The number of carbonyl (C=O) groups is 1. The Morgan fingerprint density at radius 3 is 2.44 bits per heavy atom. The number of nitrogens with one attached hydrogen (secondary N) is 1. The number of aromatic amines is 1. The molecule has 11 heteroatoms. The van der Waals surface area contributed by atoms with E-state index in [1.165, 1.54) is 4.98 Å². The molecule has 1 aromatic rings. The summed E-state index contributed by atoms with van der Waals surface area (Å²) in [5.41, 5.74) is -2.69. The average Bonchev–Trinajstić information content (AvgIpc) is 2.17. The minimum Gasteiger partial charge on any atom is -0.477 e. The number of nitro groups is 1. The maximum absolute atomic E-state index is 11.9. The first kappa shape index (κ1) is 13.5. The molecular formula is C7H3F3N2O6. The fourth-order valence-corrected chi connectivity index (χ4v) is 1.01. The van der Waals surface area contributed by atoms with Crippen LogP contribution >= 0.6 is 0 Å². The minimum atomic E-state index is -5.22. The van der Waals surface area contributed by atoms with Gasteiger partial charge in [0, 0.05) is 6.07 Å². The number of hydrogen-bond acceptors (Lipinski definition) is 5. The van der Waals surface area contributed by atoms with E-state index in [0.717, 1.165) is 0 Å². The summed E-state index contributed by atoms with van der Waals surface area (Å²) in [4.78, 5) is 32.1. The Morgan fingerprint density at radius 2 is 2.06 bits per heavy atom. The largest absolute Gasteiger partial charge is 0.573 e. The van der Waals surface area contributed by atoms with Gasteiger partial charge in [-0.3, -0.25) is 0 Å². The second-order valence-corrected chi connectivity index (χ2v) is 2.84. The number of alkyl halides is 3. The van der Waals surface area contributed by atoms with Crippen molar-refractivity contribution in [2.75, 3.05) is 0 Å². The van der Waals surface area contributed by atoms with Crippen molar-refractivity contribution in [2.45, 2.75) is 6.36 Å². The van der Waals surface area contributed by atoms with E-state index >= 15 is 0 Å². The van der Waals surface area contributed by atoms with Crippen molar-refractivity contribution < 1.29 is 32.7 Å². The number of aromatic nitrogens is 1. The molecule has 0 atom stereocenters. The molecule has 0 fully saturated rings. The highest BCUT2D eigenvalue weighted by Crippen LogP contribution is 2.23. The fourth-order valence-electron chi connectivity index (χ4n) is 1.01. The first-order valence-electron chi connectivity index (χ1n) is 4.02. The fraction of sp³-hybridized carbons (Fsp3) is 0.143. The van der Waals surface area contributed by atoms with Crippen molar-refractivity contribution in [3.63, 3.8) is 0 Å². The Labute approximate surface area is 94.8 Å². The Bertz CT molecular complexity index is 563. The van der Waals surface area contributed by atoms with Gasteiger partial charge in [-0.1, -0.05) is 0 Å². The maximum Gasteiger partial charge on any atom is 0.573 e. The molecule has 98 valence electrons. The third-order valence-electron chi connectivity index (χ3n) is 1.62. The van der Waals surface area contributed by atoms with Crippen molar-refractivity contribution in [3.8, 4) is 5.75 Å². The van der Waals surface area contributed by atoms with Crippen LogP contribution in [-0.2, 0) is 0 Å². The number of H-pyrrole nitrogens is 1. The predicted octanol–water partition coefficient (Wildman–Crippen LogP) is 0.880. The van der Waals surface area contributed by atoms with Gasteiger partial charge in [-0.25, -0.2) is 9.59 Å². The van der Waals surface area contributed by atoms with Gasteiger partial charge in [-0.2, -0.15) is 4.98 Å². The van der Waals surface area contributed by atoms with Crippen LogP contribution in [0.1, 0.15) is 10.4 Å². The summed E-state index contributed by atoms with van der Waals surface area (Å²) in [6, 6.07) is 0.132. The standard InChI is InChI=1S/C7H3F3N2O6/c8-7(9,10)18-3-1-2(6(14)15)4(12(16)17)11-5(3)13/h1H,(H,11,13)(H,14,15). The molecule has 0 aliphatic rings. The van der Waals surface area contributed by atoms with Crippen LogP contribution in [0.15, 0.2) is 10.9 Å². The predicted molar refractivity (Wildman–Crippen MR) is 47.4 cm³/mol. The summed E-state index contributed by atoms with van der Waals surface area (Å²) < 4.78 is 38.8. The highest BCUT2D eigenvalue weighted by Gasteiger charge is 2.34. The Balaban J connectivity index is 3.42. The number of aromatic carboxylic acids is 1. The SMILES string of the molecule is O=C(O)c1cc(OC(F)(F)F)c(=O)[nH]c1[N+](=O)[O-]. The van der Waals surface area contributed by atoms with Gasteiger partial charge in [0.1, 0.15) is 0 Å². The van der Waals surface area contributed by atoms with Crippen molar-refractivity contribution >= 4 is 11.8 Å². The van der Waals surface area contributed by atoms with E-state index in [0.29, 0.717) is 0 Å². The molecule has 1 aromatic heterocycles. The van der Waals surface area contributed by atoms with E-state index in [-0.39, 0.29) is 6.07 Å². The summed E-state index contributed by atoms with van der Waals surface area (Å²) in [6.07, 6.45) is -5.22. The average molecular weight is 268 g/mol. The van der Waals surface area contributed by atoms with Crippen LogP contribution in [-0.4, -0.2) is 27.3 Å². The van der Waals surface area contributed by atoms with E-state index in [1.54, 1.807) is 0 Å². The van der Waals surface area contributed by atoms with Crippen molar-refractivity contribution in [1.82, 2.24) is 4.98 Å². The number of carboxylic acid groups (broad SMARTS) is 1. The lowest BCUT2D eigenvalue weighted by Crippen LogP contribution is -2.24. The third-order valence-corrected chi connectivity index (χ3v) is 1.62. The molecule has 1 heterocycles. The molecule has 0 unspecified atom stereocenters. The molecule has 0 aromatic carbocycles. The first-order valence-corrected chi connectivity index (χ1v) is 4.02. The quantitative estimate of drug-likeness (QED) is 0.619. The summed E-state index contributed by atoms with van der Waals surface area (Å²) >= 11 is 0. The van der Waals surface area contributed by atoms with Gasteiger partial charge in [0.15, 0.2) is 5.56 Å². The highest BCUT2D eigenvalue weighted by atomic mass is 19.4. The Kier molecular flexibility index (Phi) is 3.26. The van der Waals surface area contributed by atoms with Gasteiger partial charge in [0.05, 0.1) is 0 Å². The molecule has 0 bridgehead atoms. The number of nitrogens with zero attached hydrogens (tertiary/aromatic N) is 1. The maximum atomic E-state index is 11.9. The lowest BCUT2D eigenvalue weighted by molar-refractivity contribution is -0.390. The number of ether oxygens (including phenoxy) is 1. The molecule has 0 aliphatic carbocycles. The van der Waals surface area contributed by atoms with E-state index in [1.807, 2.05) is 0 Å². The topological polar surface area (TPSA) is 123 Å². The van der Waals surface area contributed by atoms with Crippen LogP contribution in [0.2, 0.25) is 0 Å². The van der Waals surface area contributed by atoms with Gasteiger partial charge >= 0.3 is 23.7 Å². The lowest BCUT2D eigenvalue weighted by Gasteiger charge is -2.07. The smallest absolute Gasteiger partial charge is 0.477 e. The number of pyridine rings is 1. The molecule has 8 nitrogen and oxygen atoms in total. The summed E-state index contributed by atoms with van der Waals surface area (Å²) in [5, 5.41) is 18.9. The Hall–Kier alpha value is -2.59. The lowest BCUT2D eigenvalue weighted by atomic mass is 10.2. The van der Waals surface area contributed by atoms with Gasteiger partial charge in [-0.05, 0) is 4.92 Å². The van der Waals surface area contributed by atoms with Crippen LogP contribution in [0.3, 0.4) is 0 Å². The number of carboxylic acids is 1. The first-order chi connectivity index (χ1) is 8.11. The van der Waals surface area contributed by atoms with Crippen LogP contribution < -0.4 is 10.3 Å². The van der Waals surface area contributed by atoms with Gasteiger partial charge in [0.2, 0.25) is 5.75 Å². The van der Waals surface area contributed by atoms with E-state index in [9.17, 15) is 32.9 Å². The molecule has 0 spiro atoms. The van der Waals surface area contributed by atoms with Crippen LogP contribution in [0.25, 0.3) is 0 Å². The van der Waals surface area contributed by atoms with Crippen molar-refractivity contribution in [2.24, 2.45) is 0 Å².